The molecule has 1 aromatic carbocycles. The molecule has 0 unspecified atom stereocenters. The first kappa shape index (κ1) is 14.9. The van der Waals surface area contributed by atoms with Crippen LogP contribution in [0.1, 0.15) is 63.0 Å². The molecule has 100 valence electrons. The van der Waals surface area contributed by atoms with E-state index in [1.165, 1.54) is 56.1 Å². The molecule has 0 heterocycles. The standard InChI is InChI=1S/C17H26O/c1-2-3-4-5-6-7-9-16-11-13-17(14-12-16)10-8-15-18/h11-15H,2-10H2,1H3. The zero-order valence-electron chi connectivity index (χ0n) is 11.7. The molecule has 18 heavy (non-hydrogen) atoms. The van der Waals surface area contributed by atoms with Gasteiger partial charge in [0.15, 0.2) is 0 Å². The quantitative estimate of drug-likeness (QED) is 0.431. The lowest BCUT2D eigenvalue weighted by molar-refractivity contribution is -0.107. The average molecular weight is 246 g/mol. The van der Waals surface area contributed by atoms with Crippen LogP contribution in [0.15, 0.2) is 24.3 Å². The number of aryl methyl sites for hydroxylation is 2. The third-order valence-corrected chi connectivity index (χ3v) is 3.39. The van der Waals surface area contributed by atoms with E-state index in [9.17, 15) is 4.79 Å². The fourth-order valence-corrected chi connectivity index (χ4v) is 2.21. The first-order chi connectivity index (χ1) is 8.86. The Morgan fingerprint density at radius 1 is 0.833 bits per heavy atom. The van der Waals surface area contributed by atoms with Crippen molar-refractivity contribution in [2.24, 2.45) is 0 Å². The summed E-state index contributed by atoms with van der Waals surface area (Å²) >= 11 is 0. The smallest absolute Gasteiger partial charge is 0.120 e. The molecule has 0 aliphatic carbocycles. The number of benzene rings is 1. The summed E-state index contributed by atoms with van der Waals surface area (Å²) in [5, 5.41) is 0. The molecule has 0 radical (unpaired) electrons. The largest absolute Gasteiger partial charge is 0.303 e. The summed E-state index contributed by atoms with van der Waals surface area (Å²) in [4.78, 5) is 10.3. The fourth-order valence-electron chi connectivity index (χ4n) is 2.21. The van der Waals surface area contributed by atoms with Gasteiger partial charge in [-0.05, 0) is 30.4 Å². The number of aldehydes is 1. The normalized spacial score (nSPS) is 10.5. The molecule has 0 saturated heterocycles. The number of hydrogen-bond acceptors (Lipinski definition) is 1. The van der Waals surface area contributed by atoms with Crippen LogP contribution in [-0.4, -0.2) is 6.29 Å². The van der Waals surface area contributed by atoms with Gasteiger partial charge in [0.2, 0.25) is 0 Å². The van der Waals surface area contributed by atoms with Gasteiger partial charge in [-0.1, -0.05) is 63.3 Å². The van der Waals surface area contributed by atoms with E-state index in [0.717, 1.165) is 12.7 Å². The van der Waals surface area contributed by atoms with Crippen molar-refractivity contribution in [1.82, 2.24) is 0 Å². The Bertz CT molecular complexity index is 313. The molecule has 1 nitrogen and oxygen atoms in total. The fraction of sp³-hybridized carbons (Fsp3) is 0.588. The number of carbonyl (C=O) groups is 1. The summed E-state index contributed by atoms with van der Waals surface area (Å²) in [6.07, 6.45) is 11.8. The van der Waals surface area contributed by atoms with E-state index in [1.807, 2.05) is 0 Å². The van der Waals surface area contributed by atoms with E-state index in [0.29, 0.717) is 6.42 Å². The van der Waals surface area contributed by atoms with Gasteiger partial charge < -0.3 is 4.79 Å². The Hall–Kier alpha value is -1.11. The van der Waals surface area contributed by atoms with Gasteiger partial charge in [-0.3, -0.25) is 0 Å². The average Bonchev–Trinajstić information content (AvgIpc) is 2.42. The lowest BCUT2D eigenvalue weighted by atomic mass is 10.0. The first-order valence-corrected chi connectivity index (χ1v) is 7.38. The van der Waals surface area contributed by atoms with Crippen molar-refractivity contribution in [3.8, 4) is 0 Å². The molecule has 0 bridgehead atoms. The van der Waals surface area contributed by atoms with Crippen LogP contribution in [0.4, 0.5) is 0 Å². The van der Waals surface area contributed by atoms with Crippen molar-refractivity contribution in [2.45, 2.75) is 64.7 Å². The van der Waals surface area contributed by atoms with Gasteiger partial charge in [0.25, 0.3) is 0 Å². The summed E-state index contributed by atoms with van der Waals surface area (Å²) in [6, 6.07) is 8.75. The van der Waals surface area contributed by atoms with Crippen molar-refractivity contribution < 1.29 is 4.79 Å². The molecular weight excluding hydrogens is 220 g/mol. The molecule has 0 fully saturated rings. The molecule has 0 aliphatic rings. The number of unbranched alkanes of at least 4 members (excludes halogenated alkanes) is 5. The van der Waals surface area contributed by atoms with E-state index in [2.05, 4.69) is 31.2 Å². The van der Waals surface area contributed by atoms with E-state index < -0.39 is 0 Å². The molecule has 0 aromatic heterocycles. The highest BCUT2D eigenvalue weighted by Gasteiger charge is 1.96. The topological polar surface area (TPSA) is 17.1 Å². The summed E-state index contributed by atoms with van der Waals surface area (Å²) in [6.45, 7) is 2.26. The molecule has 0 N–H and O–H groups in total. The highest BCUT2D eigenvalue weighted by molar-refractivity contribution is 5.50. The van der Waals surface area contributed by atoms with Crippen LogP contribution in [0.25, 0.3) is 0 Å². The molecule has 0 amide bonds. The third kappa shape index (κ3) is 6.58. The number of rotatable bonds is 10. The van der Waals surface area contributed by atoms with Crippen LogP contribution in [-0.2, 0) is 17.6 Å². The summed E-state index contributed by atoms with van der Waals surface area (Å²) < 4.78 is 0. The monoisotopic (exact) mass is 246 g/mol. The van der Waals surface area contributed by atoms with Crippen molar-refractivity contribution >= 4 is 6.29 Å². The SMILES string of the molecule is CCCCCCCCc1ccc(CCC=O)cc1. The van der Waals surface area contributed by atoms with Crippen molar-refractivity contribution in [3.05, 3.63) is 35.4 Å². The minimum Gasteiger partial charge on any atom is -0.303 e. The molecule has 0 spiro atoms. The van der Waals surface area contributed by atoms with Gasteiger partial charge in [-0.15, -0.1) is 0 Å². The van der Waals surface area contributed by atoms with E-state index in [1.54, 1.807) is 0 Å². The lowest BCUT2D eigenvalue weighted by Gasteiger charge is -2.03. The third-order valence-electron chi connectivity index (χ3n) is 3.39. The number of carbonyl (C=O) groups excluding carboxylic acids is 1. The molecule has 0 atom stereocenters. The van der Waals surface area contributed by atoms with Crippen LogP contribution in [0.3, 0.4) is 0 Å². The summed E-state index contributed by atoms with van der Waals surface area (Å²) in [5.74, 6) is 0. The van der Waals surface area contributed by atoms with Gasteiger partial charge in [0.1, 0.15) is 6.29 Å². The van der Waals surface area contributed by atoms with Crippen LogP contribution >= 0.6 is 0 Å². The van der Waals surface area contributed by atoms with Gasteiger partial charge in [0.05, 0.1) is 0 Å². The second kappa shape index (κ2) is 9.87. The maximum Gasteiger partial charge on any atom is 0.120 e. The van der Waals surface area contributed by atoms with Gasteiger partial charge in [-0.2, -0.15) is 0 Å². The summed E-state index contributed by atoms with van der Waals surface area (Å²) in [5.41, 5.74) is 2.70. The van der Waals surface area contributed by atoms with Gasteiger partial charge in [0, 0.05) is 6.42 Å². The Kier molecular flexibility index (Phi) is 8.20. The molecule has 1 rings (SSSR count). The maximum absolute atomic E-state index is 10.3. The van der Waals surface area contributed by atoms with Gasteiger partial charge in [-0.25, -0.2) is 0 Å². The first-order valence-electron chi connectivity index (χ1n) is 7.38. The second-order valence-electron chi connectivity index (χ2n) is 5.04. The van der Waals surface area contributed by atoms with Crippen LogP contribution < -0.4 is 0 Å². The minimum atomic E-state index is 0.636. The van der Waals surface area contributed by atoms with Crippen LogP contribution in [0, 0.1) is 0 Å². The minimum absolute atomic E-state index is 0.636. The van der Waals surface area contributed by atoms with Gasteiger partial charge >= 0.3 is 0 Å². The summed E-state index contributed by atoms with van der Waals surface area (Å²) in [7, 11) is 0. The predicted molar refractivity (Wildman–Crippen MR) is 77.9 cm³/mol. The second-order valence-corrected chi connectivity index (χ2v) is 5.04. The Morgan fingerprint density at radius 2 is 1.39 bits per heavy atom. The van der Waals surface area contributed by atoms with E-state index in [-0.39, 0.29) is 0 Å². The predicted octanol–water partition coefficient (Wildman–Crippen LogP) is 4.72. The van der Waals surface area contributed by atoms with E-state index in [4.69, 9.17) is 0 Å². The zero-order valence-corrected chi connectivity index (χ0v) is 11.7. The molecule has 0 aliphatic heterocycles. The van der Waals surface area contributed by atoms with Crippen molar-refractivity contribution in [2.75, 3.05) is 0 Å². The Labute approximate surface area is 112 Å². The highest BCUT2D eigenvalue weighted by Crippen LogP contribution is 2.11. The highest BCUT2D eigenvalue weighted by atomic mass is 16.1. The zero-order chi connectivity index (χ0) is 13.1. The molecule has 1 aromatic rings. The Morgan fingerprint density at radius 3 is 2.00 bits per heavy atom. The molecular formula is C17H26O. The van der Waals surface area contributed by atoms with Crippen molar-refractivity contribution in [1.29, 1.82) is 0 Å². The molecule has 0 saturated carbocycles. The number of hydrogen-bond donors (Lipinski definition) is 0. The van der Waals surface area contributed by atoms with Crippen LogP contribution in [0.2, 0.25) is 0 Å². The van der Waals surface area contributed by atoms with Crippen LogP contribution in [0.5, 0.6) is 0 Å². The Balaban J connectivity index is 2.16. The molecule has 1 heteroatoms. The van der Waals surface area contributed by atoms with E-state index >= 15 is 0 Å². The lowest BCUT2D eigenvalue weighted by Crippen LogP contribution is -1.89. The maximum atomic E-state index is 10.3. The van der Waals surface area contributed by atoms with Crippen molar-refractivity contribution in [3.63, 3.8) is 0 Å².